The second-order valence-electron chi connectivity index (χ2n) is 2.53. The van der Waals surface area contributed by atoms with Crippen LogP contribution in [0.1, 0.15) is 33.6 Å². The van der Waals surface area contributed by atoms with E-state index in [1.54, 1.807) is 0 Å². The predicted octanol–water partition coefficient (Wildman–Crippen LogP) is 2.43. The predicted molar refractivity (Wildman–Crippen MR) is 44.1 cm³/mol. The van der Waals surface area contributed by atoms with Gasteiger partial charge in [-0.05, 0) is 26.6 Å². The molecule has 0 aliphatic carbocycles. The fourth-order valence-electron chi connectivity index (χ4n) is 0.596. The smallest absolute Gasteiger partial charge is 0.139 e. The van der Waals surface area contributed by atoms with Crippen LogP contribution < -0.4 is 0 Å². The molecule has 0 aromatic carbocycles. The molecule has 9 heavy (non-hydrogen) atoms. The summed E-state index contributed by atoms with van der Waals surface area (Å²) in [4.78, 5) is 10.2. The molecule has 0 aliphatic rings. The van der Waals surface area contributed by atoms with Crippen molar-refractivity contribution in [3.05, 3.63) is 0 Å². The normalized spacial score (nSPS) is 12.8. The third-order valence-corrected chi connectivity index (χ3v) is 3.49. The first-order chi connectivity index (χ1) is 4.18. The molecule has 2 heteroatoms. The molecule has 0 aliphatic heterocycles. The Morgan fingerprint density at radius 2 is 1.89 bits per heavy atom. The van der Waals surface area contributed by atoms with Gasteiger partial charge in [0.15, 0.2) is 0 Å². The molecule has 0 spiro atoms. The van der Waals surface area contributed by atoms with E-state index in [-0.39, 0.29) is 0 Å². The van der Waals surface area contributed by atoms with Crippen LogP contribution in [-0.4, -0.2) is 11.2 Å². The van der Waals surface area contributed by atoms with Crippen molar-refractivity contribution in [2.45, 2.75) is 38.8 Å². The van der Waals surface area contributed by atoms with Crippen LogP contribution in [-0.2, 0) is 4.79 Å². The topological polar surface area (TPSA) is 17.1 Å². The minimum absolute atomic E-state index is 0.293. The number of rotatable bonds is 4. The first kappa shape index (κ1) is 9.10. The highest BCUT2D eigenvalue weighted by Gasteiger charge is 2.17. The molecule has 1 unspecified atom stereocenters. The van der Waals surface area contributed by atoms with Crippen molar-refractivity contribution >= 4 is 14.6 Å². The summed E-state index contributed by atoms with van der Waals surface area (Å²) in [7, 11) is 0.478. The summed E-state index contributed by atoms with van der Waals surface area (Å²) in [5.74, 6) is 0. The second kappa shape index (κ2) is 4.00. The van der Waals surface area contributed by atoms with E-state index in [9.17, 15) is 4.79 Å². The molecule has 0 aromatic rings. The molecule has 0 fully saturated rings. The number of hydrogen-bond acceptors (Lipinski definition) is 1. The monoisotopic (exact) mass is 146 g/mol. The number of carbonyl (C=O) groups is 1. The fraction of sp³-hybridized carbons (Fsp3) is 0.857. The summed E-state index contributed by atoms with van der Waals surface area (Å²) in [5, 5.41) is 0.293. The number of hydrogen-bond donors (Lipinski definition) is 0. The van der Waals surface area contributed by atoms with Crippen molar-refractivity contribution in [3.63, 3.8) is 0 Å². The summed E-state index contributed by atoms with van der Waals surface area (Å²) >= 11 is 0. The van der Waals surface area contributed by atoms with E-state index < -0.39 is 0 Å². The summed E-state index contributed by atoms with van der Waals surface area (Å²) in [5.41, 5.74) is 0. The third-order valence-electron chi connectivity index (χ3n) is 1.97. The molecular formula is C7H15OP. The van der Waals surface area contributed by atoms with Crippen LogP contribution >= 0.6 is 8.58 Å². The molecule has 0 amide bonds. The molecule has 54 valence electrons. The van der Waals surface area contributed by atoms with Crippen LogP contribution in [0.5, 0.6) is 0 Å². The van der Waals surface area contributed by atoms with Crippen LogP contribution in [0.2, 0.25) is 0 Å². The fourth-order valence-corrected chi connectivity index (χ4v) is 1.29. The molecule has 0 saturated carbocycles. The Labute approximate surface area is 59.0 Å². The molecule has 0 radical (unpaired) electrons. The van der Waals surface area contributed by atoms with Crippen molar-refractivity contribution in [2.75, 3.05) is 0 Å². The van der Waals surface area contributed by atoms with Gasteiger partial charge in [0.05, 0.1) is 0 Å². The van der Waals surface area contributed by atoms with Crippen LogP contribution in [0.4, 0.5) is 0 Å². The standard InChI is InChI=1S/C7H15OP/c1-4-7(3,5-2)9-6-8/h6,9H,4-5H2,1-3H3. The van der Waals surface area contributed by atoms with Gasteiger partial charge < -0.3 is 0 Å². The highest BCUT2D eigenvalue weighted by atomic mass is 31.1. The minimum atomic E-state index is 0.293. The zero-order valence-corrected chi connectivity index (χ0v) is 7.40. The zero-order chi connectivity index (χ0) is 7.33. The highest BCUT2D eigenvalue weighted by Crippen LogP contribution is 2.34. The largest absolute Gasteiger partial charge is 0.299 e. The van der Waals surface area contributed by atoms with Crippen molar-refractivity contribution in [3.8, 4) is 0 Å². The van der Waals surface area contributed by atoms with Crippen LogP contribution in [0.15, 0.2) is 0 Å². The minimum Gasteiger partial charge on any atom is -0.299 e. The van der Waals surface area contributed by atoms with Crippen molar-refractivity contribution in [1.29, 1.82) is 0 Å². The summed E-state index contributed by atoms with van der Waals surface area (Å²) in [6.45, 7) is 6.44. The lowest BCUT2D eigenvalue weighted by atomic mass is 10.1. The van der Waals surface area contributed by atoms with E-state index in [4.69, 9.17) is 0 Å². The summed E-state index contributed by atoms with van der Waals surface area (Å²) in [6, 6.07) is 1.05. The SMILES string of the molecule is CCC(C)(CC)PC=O. The van der Waals surface area contributed by atoms with Gasteiger partial charge in [0, 0.05) is 0 Å². The van der Waals surface area contributed by atoms with Gasteiger partial charge in [-0.1, -0.05) is 20.8 Å². The van der Waals surface area contributed by atoms with E-state index in [2.05, 4.69) is 20.8 Å². The van der Waals surface area contributed by atoms with E-state index in [0.717, 1.165) is 18.9 Å². The number of carbonyl (C=O) groups excluding carboxylic acids is 1. The first-order valence-corrected chi connectivity index (χ1v) is 4.47. The molecule has 0 N–H and O–H groups in total. The Bertz CT molecular complexity index is 86.9. The van der Waals surface area contributed by atoms with Gasteiger partial charge in [-0.3, -0.25) is 4.79 Å². The molecule has 0 bridgehead atoms. The molecule has 0 aromatic heterocycles. The van der Waals surface area contributed by atoms with E-state index >= 15 is 0 Å². The Morgan fingerprint density at radius 1 is 1.44 bits per heavy atom. The van der Waals surface area contributed by atoms with Crippen molar-refractivity contribution in [2.24, 2.45) is 0 Å². The molecule has 0 saturated heterocycles. The first-order valence-electron chi connectivity index (χ1n) is 3.40. The summed E-state index contributed by atoms with van der Waals surface area (Å²) < 4.78 is 0. The molecule has 1 nitrogen and oxygen atoms in total. The Kier molecular flexibility index (Phi) is 4.05. The van der Waals surface area contributed by atoms with Gasteiger partial charge in [0.25, 0.3) is 0 Å². The third kappa shape index (κ3) is 2.95. The molecule has 1 atom stereocenters. The second-order valence-corrected chi connectivity index (χ2v) is 4.26. The Morgan fingerprint density at radius 3 is 2.00 bits per heavy atom. The molecule has 0 rings (SSSR count). The molecular weight excluding hydrogens is 131 g/mol. The van der Waals surface area contributed by atoms with Gasteiger partial charge in [-0.2, -0.15) is 0 Å². The van der Waals surface area contributed by atoms with Gasteiger partial charge >= 0.3 is 0 Å². The van der Waals surface area contributed by atoms with Crippen molar-refractivity contribution < 1.29 is 4.79 Å². The lowest BCUT2D eigenvalue weighted by molar-refractivity contribution is 0.563. The lowest BCUT2D eigenvalue weighted by Gasteiger charge is -2.22. The van der Waals surface area contributed by atoms with Gasteiger partial charge in [-0.25, -0.2) is 0 Å². The zero-order valence-electron chi connectivity index (χ0n) is 6.40. The van der Waals surface area contributed by atoms with Crippen LogP contribution in [0.25, 0.3) is 0 Å². The van der Waals surface area contributed by atoms with Crippen LogP contribution in [0, 0.1) is 0 Å². The summed E-state index contributed by atoms with van der Waals surface area (Å²) in [6.07, 6.45) is 2.22. The Balaban J connectivity index is 3.75. The maximum Gasteiger partial charge on any atom is 0.139 e. The van der Waals surface area contributed by atoms with E-state index in [0.29, 0.717) is 13.7 Å². The van der Waals surface area contributed by atoms with Gasteiger partial charge in [0.1, 0.15) is 6.03 Å². The Hall–Kier alpha value is 0.100. The quantitative estimate of drug-likeness (QED) is 0.439. The average molecular weight is 146 g/mol. The highest BCUT2D eigenvalue weighted by molar-refractivity contribution is 7.56. The average Bonchev–Trinajstić information content (AvgIpc) is 1.89. The van der Waals surface area contributed by atoms with E-state index in [1.807, 2.05) is 0 Å². The van der Waals surface area contributed by atoms with Gasteiger partial charge in [0.2, 0.25) is 0 Å². The van der Waals surface area contributed by atoms with Gasteiger partial charge in [-0.15, -0.1) is 0 Å². The lowest BCUT2D eigenvalue weighted by Crippen LogP contribution is -2.14. The van der Waals surface area contributed by atoms with E-state index in [1.165, 1.54) is 0 Å². The molecule has 0 heterocycles. The maximum atomic E-state index is 10.2. The van der Waals surface area contributed by atoms with Crippen LogP contribution in [0.3, 0.4) is 0 Å². The van der Waals surface area contributed by atoms with Crippen molar-refractivity contribution in [1.82, 2.24) is 0 Å². The maximum absolute atomic E-state index is 10.2.